The Morgan fingerprint density at radius 1 is 1.21 bits per heavy atom. The predicted molar refractivity (Wildman–Crippen MR) is 134 cm³/mol. The van der Waals surface area contributed by atoms with Gasteiger partial charge in [0.1, 0.15) is 16.2 Å². The summed E-state index contributed by atoms with van der Waals surface area (Å²) >= 11 is 3.00. The molecule has 4 heterocycles. The molecule has 0 aliphatic carbocycles. The van der Waals surface area contributed by atoms with Gasteiger partial charge in [0.25, 0.3) is 0 Å². The molecule has 0 radical (unpaired) electrons. The number of aryl methyl sites for hydroxylation is 1. The van der Waals surface area contributed by atoms with E-state index >= 15 is 0 Å². The summed E-state index contributed by atoms with van der Waals surface area (Å²) < 4.78 is 25.9. The standard InChI is InChI=1S/C24H23N3O3S3/c1-15-10-19(16(2)27(15)18-8-9-33(29,30)13-18)21(28)12-32-24-22-20(17-6-4-3-5-7-17)11-31-23(22)25-14-26-24/h3-7,10-11,14,18H,8-9,12-13H2,1-2H3/t18-/m0/s1. The van der Waals surface area contributed by atoms with E-state index in [1.54, 1.807) is 17.7 Å². The summed E-state index contributed by atoms with van der Waals surface area (Å²) in [6, 6.07) is 11.9. The van der Waals surface area contributed by atoms with Gasteiger partial charge in [0.2, 0.25) is 0 Å². The van der Waals surface area contributed by atoms with Gasteiger partial charge in [0.15, 0.2) is 15.6 Å². The third-order valence-electron chi connectivity index (χ3n) is 6.12. The van der Waals surface area contributed by atoms with E-state index in [1.165, 1.54) is 11.8 Å². The largest absolute Gasteiger partial charge is 0.344 e. The lowest BCUT2D eigenvalue weighted by molar-refractivity contribution is 0.102. The van der Waals surface area contributed by atoms with Gasteiger partial charge in [-0.25, -0.2) is 18.4 Å². The number of benzene rings is 1. The molecule has 33 heavy (non-hydrogen) atoms. The van der Waals surface area contributed by atoms with Crippen LogP contribution in [0.25, 0.3) is 21.3 Å². The minimum atomic E-state index is -3.00. The average Bonchev–Trinajstić information content (AvgIpc) is 3.47. The number of thiophene rings is 1. The Morgan fingerprint density at radius 2 is 2.00 bits per heavy atom. The maximum atomic E-state index is 13.2. The molecule has 1 fully saturated rings. The van der Waals surface area contributed by atoms with Crippen molar-refractivity contribution in [3.63, 3.8) is 0 Å². The van der Waals surface area contributed by atoms with Crippen molar-refractivity contribution in [3.8, 4) is 11.1 Å². The molecule has 3 aromatic heterocycles. The molecule has 0 amide bonds. The molecule has 0 unspecified atom stereocenters. The van der Waals surface area contributed by atoms with Crippen LogP contribution in [0.4, 0.5) is 0 Å². The van der Waals surface area contributed by atoms with Gasteiger partial charge in [-0.3, -0.25) is 4.79 Å². The Hall–Kier alpha value is -2.49. The first-order chi connectivity index (χ1) is 15.8. The number of fused-ring (bicyclic) bond motifs is 1. The van der Waals surface area contributed by atoms with Gasteiger partial charge in [-0.05, 0) is 31.9 Å². The van der Waals surface area contributed by atoms with Crippen molar-refractivity contribution < 1.29 is 13.2 Å². The summed E-state index contributed by atoms with van der Waals surface area (Å²) in [5, 5.41) is 3.86. The molecule has 1 aromatic carbocycles. The zero-order valence-corrected chi connectivity index (χ0v) is 20.8. The number of sulfone groups is 1. The fraction of sp³-hybridized carbons (Fsp3) is 0.292. The van der Waals surface area contributed by atoms with Crippen molar-refractivity contribution in [2.45, 2.75) is 31.3 Å². The maximum absolute atomic E-state index is 13.2. The van der Waals surface area contributed by atoms with Crippen molar-refractivity contribution in [1.82, 2.24) is 14.5 Å². The van der Waals surface area contributed by atoms with Crippen molar-refractivity contribution in [3.05, 3.63) is 65.1 Å². The number of ketones is 1. The Morgan fingerprint density at radius 3 is 2.73 bits per heavy atom. The van der Waals surface area contributed by atoms with Crippen LogP contribution in [-0.4, -0.2) is 46.0 Å². The number of thioether (sulfide) groups is 1. The highest BCUT2D eigenvalue weighted by Crippen LogP contribution is 2.38. The second kappa shape index (κ2) is 8.70. The van der Waals surface area contributed by atoms with Crippen LogP contribution in [0.5, 0.6) is 0 Å². The van der Waals surface area contributed by atoms with Gasteiger partial charge < -0.3 is 4.57 Å². The first kappa shape index (κ1) is 22.3. The van der Waals surface area contributed by atoms with Crippen molar-refractivity contribution in [2.75, 3.05) is 17.3 Å². The van der Waals surface area contributed by atoms with E-state index in [-0.39, 0.29) is 29.1 Å². The second-order valence-electron chi connectivity index (χ2n) is 8.30. The van der Waals surface area contributed by atoms with Crippen LogP contribution < -0.4 is 0 Å². The van der Waals surface area contributed by atoms with E-state index < -0.39 is 9.84 Å². The van der Waals surface area contributed by atoms with Crippen LogP contribution in [0.1, 0.15) is 34.2 Å². The average molecular weight is 498 g/mol. The summed E-state index contributed by atoms with van der Waals surface area (Å²) in [7, 11) is -3.00. The van der Waals surface area contributed by atoms with E-state index in [2.05, 4.69) is 27.5 Å². The number of rotatable bonds is 6. The highest BCUT2D eigenvalue weighted by Gasteiger charge is 2.31. The van der Waals surface area contributed by atoms with Gasteiger partial charge in [0.05, 0.1) is 22.6 Å². The molecule has 0 N–H and O–H groups in total. The minimum Gasteiger partial charge on any atom is -0.344 e. The van der Waals surface area contributed by atoms with E-state index in [0.29, 0.717) is 12.0 Å². The summed E-state index contributed by atoms with van der Waals surface area (Å²) in [4.78, 5) is 23.0. The molecule has 4 aromatic rings. The third-order valence-corrected chi connectivity index (χ3v) is 9.74. The Kier molecular flexibility index (Phi) is 5.88. The summed E-state index contributed by atoms with van der Waals surface area (Å²) in [5.74, 6) is 0.625. The van der Waals surface area contributed by atoms with E-state index in [0.717, 1.165) is 37.8 Å². The number of carbonyl (C=O) groups excluding carboxylic acids is 1. The van der Waals surface area contributed by atoms with Crippen LogP contribution in [0.3, 0.4) is 0 Å². The van der Waals surface area contributed by atoms with Gasteiger partial charge >= 0.3 is 0 Å². The Bertz CT molecular complexity index is 1460. The van der Waals surface area contributed by atoms with E-state index in [9.17, 15) is 13.2 Å². The zero-order chi connectivity index (χ0) is 23.2. The van der Waals surface area contributed by atoms with Crippen LogP contribution in [-0.2, 0) is 9.84 Å². The van der Waals surface area contributed by atoms with Gasteiger partial charge in [0, 0.05) is 33.9 Å². The first-order valence-electron chi connectivity index (χ1n) is 10.7. The summed E-state index contributed by atoms with van der Waals surface area (Å²) in [5.41, 5.74) is 4.60. The molecule has 0 saturated carbocycles. The topological polar surface area (TPSA) is 81.9 Å². The Labute approximate surface area is 201 Å². The molecule has 5 rings (SSSR count). The van der Waals surface area contributed by atoms with E-state index in [4.69, 9.17) is 0 Å². The second-order valence-corrected chi connectivity index (χ2v) is 12.3. The first-order valence-corrected chi connectivity index (χ1v) is 14.3. The maximum Gasteiger partial charge on any atom is 0.174 e. The van der Waals surface area contributed by atoms with Crippen molar-refractivity contribution in [1.29, 1.82) is 0 Å². The highest BCUT2D eigenvalue weighted by atomic mass is 32.2. The lowest BCUT2D eigenvalue weighted by Gasteiger charge is -2.16. The SMILES string of the molecule is Cc1cc(C(=O)CSc2ncnc3scc(-c4ccccc4)c23)c(C)n1[C@H]1CCS(=O)(=O)C1. The van der Waals surface area contributed by atoms with Gasteiger partial charge in [-0.1, -0.05) is 42.1 Å². The molecular weight excluding hydrogens is 474 g/mol. The smallest absolute Gasteiger partial charge is 0.174 e. The summed E-state index contributed by atoms with van der Waals surface area (Å²) in [6.45, 7) is 3.85. The number of hydrogen-bond acceptors (Lipinski definition) is 7. The van der Waals surface area contributed by atoms with E-state index in [1.807, 2.05) is 42.7 Å². The molecule has 1 saturated heterocycles. The van der Waals surface area contributed by atoms with Crippen molar-refractivity contribution >= 4 is 48.9 Å². The number of hydrogen-bond donors (Lipinski definition) is 0. The van der Waals surface area contributed by atoms with Gasteiger partial charge in [-0.15, -0.1) is 11.3 Å². The fourth-order valence-corrected chi connectivity index (χ4v) is 8.18. The molecule has 1 aliphatic rings. The summed E-state index contributed by atoms with van der Waals surface area (Å²) in [6.07, 6.45) is 2.15. The number of aromatic nitrogens is 3. The molecule has 0 bridgehead atoms. The predicted octanol–water partition coefficient (Wildman–Crippen LogP) is 5.11. The quantitative estimate of drug-likeness (QED) is 0.209. The van der Waals surface area contributed by atoms with Gasteiger partial charge in [-0.2, -0.15) is 0 Å². The molecule has 9 heteroatoms. The zero-order valence-electron chi connectivity index (χ0n) is 18.3. The molecule has 170 valence electrons. The van der Waals surface area contributed by atoms with Crippen LogP contribution in [0.15, 0.2) is 53.1 Å². The lowest BCUT2D eigenvalue weighted by Crippen LogP contribution is -2.14. The minimum absolute atomic E-state index is 0.0171. The molecule has 0 spiro atoms. The van der Waals surface area contributed by atoms with Crippen LogP contribution >= 0.6 is 23.1 Å². The fourth-order valence-electron chi connectivity index (χ4n) is 4.60. The molecule has 6 nitrogen and oxygen atoms in total. The highest BCUT2D eigenvalue weighted by molar-refractivity contribution is 8.00. The molecular formula is C24H23N3O3S3. The monoisotopic (exact) mass is 497 g/mol. The van der Waals surface area contributed by atoms with Crippen LogP contribution in [0.2, 0.25) is 0 Å². The van der Waals surface area contributed by atoms with Crippen molar-refractivity contribution in [2.24, 2.45) is 0 Å². The number of Topliss-reactive ketones (excluding diaryl/α,β-unsaturated/α-hetero) is 1. The molecule has 1 atom stereocenters. The lowest BCUT2D eigenvalue weighted by atomic mass is 10.1. The number of nitrogens with zero attached hydrogens (tertiary/aromatic N) is 3. The molecule has 1 aliphatic heterocycles. The normalized spacial score (nSPS) is 17.6. The Balaban J connectivity index is 1.40. The van der Waals surface area contributed by atoms with Crippen LogP contribution in [0, 0.1) is 13.8 Å². The number of carbonyl (C=O) groups is 1. The third kappa shape index (κ3) is 4.25.